The molecule has 0 amide bonds. The summed E-state index contributed by atoms with van der Waals surface area (Å²) in [5, 5.41) is 2.85. The molecule has 0 nitrogen and oxygen atoms in total. The Balaban J connectivity index is 1.36. The third-order valence-electron chi connectivity index (χ3n) is 6.28. The number of hydrogen-bond acceptors (Lipinski definition) is 3. The molecule has 31 heavy (non-hydrogen) atoms. The Morgan fingerprint density at radius 2 is 1.35 bits per heavy atom. The number of thiophene rings is 3. The van der Waals surface area contributed by atoms with Crippen molar-refractivity contribution in [2.45, 2.75) is 65.2 Å². The fraction of sp³-hybridized carbons (Fsp3) is 0.357. The second kappa shape index (κ2) is 9.44. The lowest BCUT2D eigenvalue weighted by Gasteiger charge is -2.00. The molecule has 0 spiro atoms. The van der Waals surface area contributed by atoms with Gasteiger partial charge in [0.05, 0.1) is 9.40 Å². The Labute approximate surface area is 197 Å². The molecule has 160 valence electrons. The van der Waals surface area contributed by atoms with Crippen molar-refractivity contribution in [2.24, 2.45) is 0 Å². The summed E-state index contributed by atoms with van der Waals surface area (Å²) in [6.45, 7) is 4.52. The maximum Gasteiger partial charge on any atom is 0.0542 e. The zero-order valence-corrected chi connectivity index (χ0v) is 20.9. The standard InChI is InChI=1S/C28H30S3/c1-3-5-6-7-8-9-10-21-13-16-24(29-21)20-12-15-23-26(18-20)31-27-22-14-11-19(4-2)17-25(22)30-28(23)27/h11-18H,3-10H2,1-2H3. The van der Waals surface area contributed by atoms with E-state index < -0.39 is 0 Å². The molecule has 0 radical (unpaired) electrons. The van der Waals surface area contributed by atoms with Gasteiger partial charge in [0.25, 0.3) is 0 Å². The van der Waals surface area contributed by atoms with Gasteiger partial charge in [0.2, 0.25) is 0 Å². The Hall–Kier alpha value is -1.68. The average Bonchev–Trinajstić information content (AvgIpc) is 3.49. The van der Waals surface area contributed by atoms with Gasteiger partial charge in [-0.2, -0.15) is 0 Å². The lowest BCUT2D eigenvalue weighted by Crippen LogP contribution is -1.82. The molecule has 0 aliphatic rings. The molecule has 0 unspecified atom stereocenters. The first kappa shape index (κ1) is 21.2. The Kier molecular flexibility index (Phi) is 6.45. The lowest BCUT2D eigenvalue weighted by molar-refractivity contribution is 0.609. The summed E-state index contributed by atoms with van der Waals surface area (Å²) in [6, 6.07) is 18.8. The van der Waals surface area contributed by atoms with Gasteiger partial charge in [-0.3, -0.25) is 0 Å². The van der Waals surface area contributed by atoms with Crippen LogP contribution < -0.4 is 0 Å². The number of benzene rings is 2. The molecule has 0 saturated heterocycles. The van der Waals surface area contributed by atoms with Crippen LogP contribution in [-0.4, -0.2) is 0 Å². The molecule has 3 heteroatoms. The number of hydrogen-bond donors (Lipinski definition) is 0. The van der Waals surface area contributed by atoms with Gasteiger partial charge in [0.15, 0.2) is 0 Å². The zero-order valence-electron chi connectivity index (χ0n) is 18.5. The van der Waals surface area contributed by atoms with Crippen LogP contribution in [0.1, 0.15) is 62.8 Å². The van der Waals surface area contributed by atoms with Crippen molar-refractivity contribution in [3.63, 3.8) is 0 Å². The highest BCUT2D eigenvalue weighted by Crippen LogP contribution is 2.45. The van der Waals surface area contributed by atoms with Crippen LogP contribution in [-0.2, 0) is 12.8 Å². The van der Waals surface area contributed by atoms with Crippen molar-refractivity contribution >= 4 is 63.6 Å². The van der Waals surface area contributed by atoms with Gasteiger partial charge in [-0.05, 0) is 54.7 Å². The number of rotatable bonds is 9. The van der Waals surface area contributed by atoms with Crippen LogP contribution in [0.4, 0.5) is 0 Å². The highest BCUT2D eigenvalue weighted by Gasteiger charge is 2.13. The first-order valence-electron chi connectivity index (χ1n) is 11.7. The third kappa shape index (κ3) is 4.33. The zero-order chi connectivity index (χ0) is 21.2. The largest absolute Gasteiger partial charge is 0.140 e. The number of fused-ring (bicyclic) bond motifs is 5. The third-order valence-corrected chi connectivity index (χ3v) is 9.97. The molecule has 5 aromatic rings. The second-order valence-electron chi connectivity index (χ2n) is 8.54. The van der Waals surface area contributed by atoms with Gasteiger partial charge in [0, 0.05) is 29.9 Å². The van der Waals surface area contributed by atoms with Gasteiger partial charge in [-0.1, -0.05) is 70.2 Å². The van der Waals surface area contributed by atoms with Crippen LogP contribution in [0.5, 0.6) is 0 Å². The summed E-state index contributed by atoms with van der Waals surface area (Å²) in [7, 11) is 0. The topological polar surface area (TPSA) is 0 Å². The van der Waals surface area contributed by atoms with Crippen LogP contribution in [0, 0.1) is 0 Å². The van der Waals surface area contributed by atoms with Crippen LogP contribution in [0.3, 0.4) is 0 Å². The number of aryl methyl sites for hydroxylation is 2. The Morgan fingerprint density at radius 1 is 0.645 bits per heavy atom. The van der Waals surface area contributed by atoms with Crippen molar-refractivity contribution in [1.82, 2.24) is 0 Å². The molecule has 3 heterocycles. The molecule has 0 aliphatic carbocycles. The molecule has 5 rings (SSSR count). The van der Waals surface area contributed by atoms with E-state index in [1.807, 2.05) is 34.0 Å². The first-order chi connectivity index (χ1) is 15.3. The molecule has 0 bridgehead atoms. The molecular weight excluding hydrogens is 433 g/mol. The minimum atomic E-state index is 1.10. The van der Waals surface area contributed by atoms with Crippen molar-refractivity contribution in [2.75, 3.05) is 0 Å². The molecule has 0 fully saturated rings. The van der Waals surface area contributed by atoms with Crippen LogP contribution in [0.2, 0.25) is 0 Å². The first-order valence-corrected chi connectivity index (χ1v) is 14.2. The highest BCUT2D eigenvalue weighted by molar-refractivity contribution is 7.36. The summed E-state index contributed by atoms with van der Waals surface area (Å²) in [4.78, 5) is 2.95. The smallest absolute Gasteiger partial charge is 0.0542 e. The van der Waals surface area contributed by atoms with E-state index in [9.17, 15) is 0 Å². The summed E-state index contributed by atoms with van der Waals surface area (Å²) >= 11 is 5.91. The Morgan fingerprint density at radius 3 is 2.13 bits per heavy atom. The van der Waals surface area contributed by atoms with Crippen LogP contribution in [0.15, 0.2) is 48.5 Å². The van der Waals surface area contributed by atoms with Gasteiger partial charge >= 0.3 is 0 Å². The monoisotopic (exact) mass is 462 g/mol. The lowest BCUT2D eigenvalue weighted by atomic mass is 10.1. The van der Waals surface area contributed by atoms with E-state index in [1.165, 1.54) is 95.4 Å². The van der Waals surface area contributed by atoms with E-state index >= 15 is 0 Å². The maximum atomic E-state index is 2.42. The van der Waals surface area contributed by atoms with Gasteiger partial charge in [-0.25, -0.2) is 0 Å². The molecular formula is C28H30S3. The average molecular weight is 463 g/mol. The quantitative estimate of drug-likeness (QED) is 0.191. The predicted molar refractivity (Wildman–Crippen MR) is 144 cm³/mol. The van der Waals surface area contributed by atoms with Crippen LogP contribution in [0.25, 0.3) is 40.0 Å². The van der Waals surface area contributed by atoms with E-state index in [0.29, 0.717) is 0 Å². The fourth-order valence-electron chi connectivity index (χ4n) is 4.42. The molecule has 0 N–H and O–H groups in total. The van der Waals surface area contributed by atoms with E-state index in [-0.39, 0.29) is 0 Å². The normalized spacial score (nSPS) is 11.9. The molecule has 2 aromatic carbocycles. The van der Waals surface area contributed by atoms with Crippen molar-refractivity contribution in [1.29, 1.82) is 0 Å². The minimum Gasteiger partial charge on any atom is -0.140 e. The second-order valence-corrected chi connectivity index (χ2v) is 11.8. The highest BCUT2D eigenvalue weighted by atomic mass is 32.1. The molecule has 0 saturated carbocycles. The molecule has 0 atom stereocenters. The Bertz CT molecular complexity index is 1310. The SMILES string of the molecule is CCCCCCCCc1ccc(-c2ccc3c(c2)sc2c4ccc(CC)cc4sc32)s1. The fourth-order valence-corrected chi connectivity index (χ4v) is 8.22. The van der Waals surface area contributed by atoms with Crippen molar-refractivity contribution < 1.29 is 0 Å². The van der Waals surface area contributed by atoms with Crippen molar-refractivity contribution in [3.05, 3.63) is 59.0 Å². The predicted octanol–water partition coefficient (Wildman–Crippen LogP) is 10.5. The van der Waals surface area contributed by atoms with Crippen molar-refractivity contribution in [3.8, 4) is 10.4 Å². The van der Waals surface area contributed by atoms with E-state index in [4.69, 9.17) is 0 Å². The summed E-state index contributed by atoms with van der Waals surface area (Å²) in [5.41, 5.74) is 2.81. The summed E-state index contributed by atoms with van der Waals surface area (Å²) in [5.74, 6) is 0. The summed E-state index contributed by atoms with van der Waals surface area (Å²) < 4.78 is 5.78. The van der Waals surface area contributed by atoms with E-state index in [1.54, 1.807) is 0 Å². The molecule has 3 aromatic heterocycles. The maximum absolute atomic E-state index is 2.42. The molecule has 0 aliphatic heterocycles. The van der Waals surface area contributed by atoms with Crippen LogP contribution >= 0.6 is 34.0 Å². The van der Waals surface area contributed by atoms with E-state index in [0.717, 1.165) is 6.42 Å². The minimum absolute atomic E-state index is 1.10. The summed E-state index contributed by atoms with van der Waals surface area (Å²) in [6.07, 6.45) is 10.6. The number of unbranched alkanes of at least 4 members (excludes halogenated alkanes) is 5. The van der Waals surface area contributed by atoms with E-state index in [2.05, 4.69) is 62.4 Å². The van der Waals surface area contributed by atoms with Gasteiger partial charge in [-0.15, -0.1) is 34.0 Å². The van der Waals surface area contributed by atoms with Gasteiger partial charge in [0.1, 0.15) is 0 Å². The van der Waals surface area contributed by atoms with Gasteiger partial charge < -0.3 is 0 Å².